The molecule has 1 aromatic carbocycles. The molecule has 0 radical (unpaired) electrons. The Balaban J connectivity index is 1.56. The molecule has 1 N–H and O–H groups in total. The van der Waals surface area contributed by atoms with Crippen LogP contribution >= 0.6 is 22.9 Å². The number of aryl methyl sites for hydroxylation is 1. The van der Waals surface area contributed by atoms with Crippen LogP contribution in [0.15, 0.2) is 54.2 Å². The standard InChI is InChI=1S/C19H15ClN4OS/c1-24-10-14(13-6-4-8-21-17(13)24)19-23-16(11-26-19)18(25)22-9-12-5-2-3-7-15(12)20/h2-8,10-11H,9H2,1H3,(H,22,25). The van der Waals surface area contributed by atoms with Gasteiger partial charge in [-0.25, -0.2) is 9.97 Å². The van der Waals surface area contributed by atoms with E-state index in [1.807, 2.05) is 48.1 Å². The molecule has 0 spiro atoms. The molecular weight excluding hydrogens is 368 g/mol. The largest absolute Gasteiger partial charge is 0.347 e. The van der Waals surface area contributed by atoms with E-state index < -0.39 is 0 Å². The monoisotopic (exact) mass is 382 g/mol. The van der Waals surface area contributed by atoms with Crippen LogP contribution in [-0.2, 0) is 13.6 Å². The fourth-order valence-electron chi connectivity index (χ4n) is 2.79. The highest BCUT2D eigenvalue weighted by Gasteiger charge is 2.16. The summed E-state index contributed by atoms with van der Waals surface area (Å²) in [4.78, 5) is 21.3. The molecule has 0 saturated heterocycles. The van der Waals surface area contributed by atoms with Crippen molar-refractivity contribution in [3.8, 4) is 10.6 Å². The lowest BCUT2D eigenvalue weighted by Crippen LogP contribution is -2.23. The van der Waals surface area contributed by atoms with Gasteiger partial charge in [0, 0.05) is 47.3 Å². The molecule has 0 atom stereocenters. The van der Waals surface area contributed by atoms with Gasteiger partial charge in [0.25, 0.3) is 5.91 Å². The van der Waals surface area contributed by atoms with Crippen LogP contribution in [0.2, 0.25) is 5.02 Å². The second kappa shape index (κ2) is 6.90. The van der Waals surface area contributed by atoms with Gasteiger partial charge in [-0.05, 0) is 23.8 Å². The molecule has 5 nitrogen and oxygen atoms in total. The average Bonchev–Trinajstić information content (AvgIpc) is 3.26. The number of hydrogen-bond acceptors (Lipinski definition) is 4. The van der Waals surface area contributed by atoms with Crippen LogP contribution in [0.25, 0.3) is 21.6 Å². The predicted octanol–water partition coefficient (Wildman–Crippen LogP) is 4.28. The SMILES string of the molecule is Cn1cc(-c2nc(C(=O)NCc3ccccc3Cl)cs2)c2cccnc21. The summed E-state index contributed by atoms with van der Waals surface area (Å²) in [7, 11) is 1.95. The first-order chi connectivity index (χ1) is 12.6. The lowest BCUT2D eigenvalue weighted by molar-refractivity contribution is 0.0946. The Kier molecular flexibility index (Phi) is 4.44. The molecule has 4 aromatic rings. The van der Waals surface area contributed by atoms with Crippen molar-refractivity contribution in [2.24, 2.45) is 7.05 Å². The molecule has 26 heavy (non-hydrogen) atoms. The quantitative estimate of drug-likeness (QED) is 0.573. The van der Waals surface area contributed by atoms with E-state index >= 15 is 0 Å². The van der Waals surface area contributed by atoms with Crippen molar-refractivity contribution in [3.05, 3.63) is 70.5 Å². The summed E-state index contributed by atoms with van der Waals surface area (Å²) in [5.74, 6) is -0.217. The van der Waals surface area contributed by atoms with Crippen LogP contribution in [0.3, 0.4) is 0 Å². The topological polar surface area (TPSA) is 59.8 Å². The minimum atomic E-state index is -0.217. The van der Waals surface area contributed by atoms with E-state index in [0.29, 0.717) is 17.3 Å². The number of fused-ring (bicyclic) bond motifs is 1. The summed E-state index contributed by atoms with van der Waals surface area (Å²) >= 11 is 7.57. The lowest BCUT2D eigenvalue weighted by Gasteiger charge is -2.05. The van der Waals surface area contributed by atoms with E-state index in [0.717, 1.165) is 27.2 Å². The van der Waals surface area contributed by atoms with Gasteiger partial charge in [-0.2, -0.15) is 0 Å². The summed E-state index contributed by atoms with van der Waals surface area (Å²) in [5.41, 5.74) is 3.14. The van der Waals surface area contributed by atoms with E-state index in [1.54, 1.807) is 17.6 Å². The molecule has 0 aliphatic carbocycles. The van der Waals surface area contributed by atoms with Gasteiger partial charge in [0.05, 0.1) is 0 Å². The molecule has 0 bridgehead atoms. The molecule has 0 fully saturated rings. The summed E-state index contributed by atoms with van der Waals surface area (Å²) in [6, 6.07) is 11.4. The van der Waals surface area contributed by atoms with Gasteiger partial charge in [-0.3, -0.25) is 4.79 Å². The number of aromatic nitrogens is 3. The maximum atomic E-state index is 12.4. The molecular formula is C19H15ClN4OS. The van der Waals surface area contributed by atoms with Crippen LogP contribution in [0.5, 0.6) is 0 Å². The molecule has 130 valence electrons. The van der Waals surface area contributed by atoms with Crippen molar-refractivity contribution in [2.45, 2.75) is 6.54 Å². The molecule has 0 aliphatic rings. The predicted molar refractivity (Wildman–Crippen MR) is 104 cm³/mol. The first-order valence-corrected chi connectivity index (χ1v) is 9.27. The van der Waals surface area contributed by atoms with Crippen molar-refractivity contribution >= 4 is 39.9 Å². The van der Waals surface area contributed by atoms with Crippen molar-refractivity contribution in [1.29, 1.82) is 0 Å². The van der Waals surface area contributed by atoms with Crippen LogP contribution in [0, 0.1) is 0 Å². The first-order valence-electron chi connectivity index (χ1n) is 8.01. The zero-order valence-corrected chi connectivity index (χ0v) is 15.5. The van der Waals surface area contributed by atoms with Crippen LogP contribution in [0.4, 0.5) is 0 Å². The number of nitrogens with zero attached hydrogens (tertiary/aromatic N) is 3. The van der Waals surface area contributed by atoms with Crippen molar-refractivity contribution in [3.63, 3.8) is 0 Å². The highest BCUT2D eigenvalue weighted by atomic mass is 35.5. The van der Waals surface area contributed by atoms with Crippen molar-refractivity contribution < 1.29 is 4.79 Å². The number of carbonyl (C=O) groups is 1. The zero-order chi connectivity index (χ0) is 18.1. The highest BCUT2D eigenvalue weighted by Crippen LogP contribution is 2.31. The summed E-state index contributed by atoms with van der Waals surface area (Å²) in [6.07, 6.45) is 3.75. The van der Waals surface area contributed by atoms with Crippen molar-refractivity contribution in [1.82, 2.24) is 19.9 Å². The molecule has 3 heterocycles. The fraction of sp³-hybridized carbons (Fsp3) is 0.105. The number of benzene rings is 1. The number of pyridine rings is 1. The minimum absolute atomic E-state index is 0.217. The molecule has 0 aliphatic heterocycles. The second-order valence-electron chi connectivity index (χ2n) is 5.84. The third-order valence-corrected chi connectivity index (χ3v) is 5.34. The lowest BCUT2D eigenvalue weighted by atomic mass is 10.2. The molecule has 7 heteroatoms. The highest BCUT2D eigenvalue weighted by molar-refractivity contribution is 7.13. The first kappa shape index (κ1) is 16.8. The summed E-state index contributed by atoms with van der Waals surface area (Å²) in [6.45, 7) is 0.365. The molecule has 0 unspecified atom stereocenters. The van der Waals surface area contributed by atoms with Gasteiger partial charge in [-0.15, -0.1) is 11.3 Å². The Morgan fingerprint density at radius 3 is 2.96 bits per heavy atom. The number of carbonyl (C=O) groups excluding carboxylic acids is 1. The summed E-state index contributed by atoms with van der Waals surface area (Å²) in [5, 5.41) is 7.09. The van der Waals surface area contributed by atoms with Gasteiger partial charge in [0.2, 0.25) is 0 Å². The number of nitrogens with one attached hydrogen (secondary N) is 1. The van der Waals surface area contributed by atoms with Gasteiger partial charge in [-0.1, -0.05) is 29.8 Å². The fourth-order valence-corrected chi connectivity index (χ4v) is 3.82. The van der Waals surface area contributed by atoms with Gasteiger partial charge in [0.15, 0.2) is 0 Å². The Morgan fingerprint density at radius 2 is 2.12 bits per heavy atom. The average molecular weight is 383 g/mol. The molecule has 0 saturated carbocycles. The van der Waals surface area contributed by atoms with E-state index in [1.165, 1.54) is 11.3 Å². The van der Waals surface area contributed by atoms with Gasteiger partial charge >= 0.3 is 0 Å². The molecule has 4 rings (SSSR count). The molecule has 3 aromatic heterocycles. The van der Waals surface area contributed by atoms with E-state index in [2.05, 4.69) is 15.3 Å². The summed E-state index contributed by atoms with van der Waals surface area (Å²) < 4.78 is 1.96. The Bertz CT molecular complexity index is 1100. The number of amides is 1. The number of halogens is 1. The third kappa shape index (κ3) is 3.09. The van der Waals surface area contributed by atoms with Gasteiger partial charge < -0.3 is 9.88 Å². The number of rotatable bonds is 4. The Labute approximate surface area is 159 Å². The maximum Gasteiger partial charge on any atom is 0.271 e. The smallest absolute Gasteiger partial charge is 0.271 e. The van der Waals surface area contributed by atoms with E-state index in [-0.39, 0.29) is 5.91 Å². The normalized spacial score (nSPS) is 11.0. The second-order valence-corrected chi connectivity index (χ2v) is 7.11. The minimum Gasteiger partial charge on any atom is -0.347 e. The van der Waals surface area contributed by atoms with Crippen LogP contribution < -0.4 is 5.32 Å². The van der Waals surface area contributed by atoms with Gasteiger partial charge in [0.1, 0.15) is 16.3 Å². The number of hydrogen-bond donors (Lipinski definition) is 1. The van der Waals surface area contributed by atoms with E-state index in [4.69, 9.17) is 11.6 Å². The Hall–Kier alpha value is -2.70. The van der Waals surface area contributed by atoms with Crippen LogP contribution in [0.1, 0.15) is 16.1 Å². The molecule has 1 amide bonds. The number of thiazole rings is 1. The third-order valence-electron chi connectivity index (χ3n) is 4.10. The zero-order valence-electron chi connectivity index (χ0n) is 13.9. The van der Waals surface area contributed by atoms with Crippen LogP contribution in [-0.4, -0.2) is 20.4 Å². The van der Waals surface area contributed by atoms with E-state index in [9.17, 15) is 4.79 Å². The van der Waals surface area contributed by atoms with Crippen molar-refractivity contribution in [2.75, 3.05) is 0 Å². The maximum absolute atomic E-state index is 12.4. The Morgan fingerprint density at radius 1 is 1.27 bits per heavy atom.